The molecule has 20 heavy (non-hydrogen) atoms. The Kier molecular flexibility index (Phi) is 6.37. The van der Waals surface area contributed by atoms with Crippen molar-refractivity contribution in [2.24, 2.45) is 5.92 Å². The molecule has 3 heteroatoms. The number of halogens is 1. The van der Waals surface area contributed by atoms with Gasteiger partial charge in [-0.25, -0.2) is 0 Å². The van der Waals surface area contributed by atoms with Gasteiger partial charge >= 0.3 is 0 Å². The third-order valence-corrected chi connectivity index (χ3v) is 5.13. The van der Waals surface area contributed by atoms with Crippen LogP contribution in [0.1, 0.15) is 44.1 Å². The van der Waals surface area contributed by atoms with Gasteiger partial charge in [0, 0.05) is 6.04 Å². The van der Waals surface area contributed by atoms with E-state index in [1.165, 1.54) is 44.1 Å². The van der Waals surface area contributed by atoms with Crippen molar-refractivity contribution in [3.63, 3.8) is 0 Å². The molecule has 0 saturated heterocycles. The number of nitrogens with one attached hydrogen (secondary N) is 1. The van der Waals surface area contributed by atoms with Crippen LogP contribution in [0, 0.1) is 5.92 Å². The highest BCUT2D eigenvalue weighted by Crippen LogP contribution is 2.29. The van der Waals surface area contributed by atoms with Crippen LogP contribution in [0.4, 0.5) is 0 Å². The van der Waals surface area contributed by atoms with Gasteiger partial charge < -0.3 is 10.1 Å². The molecule has 1 atom stereocenters. The van der Waals surface area contributed by atoms with Crippen LogP contribution in [0.25, 0.3) is 0 Å². The van der Waals surface area contributed by atoms with E-state index in [0.29, 0.717) is 6.04 Å². The topological polar surface area (TPSA) is 21.3 Å². The Morgan fingerprint density at radius 2 is 1.95 bits per heavy atom. The van der Waals surface area contributed by atoms with E-state index in [1.54, 1.807) is 7.11 Å². The summed E-state index contributed by atoms with van der Waals surface area (Å²) in [5.74, 6) is 1.73. The summed E-state index contributed by atoms with van der Waals surface area (Å²) in [6.45, 7) is 0. The first-order valence-electron chi connectivity index (χ1n) is 7.74. The lowest BCUT2D eigenvalue weighted by Gasteiger charge is -2.26. The summed E-state index contributed by atoms with van der Waals surface area (Å²) >= 11 is 3.58. The van der Waals surface area contributed by atoms with E-state index in [9.17, 15) is 0 Å². The fourth-order valence-electron chi connectivity index (χ4n) is 3.31. The number of likely N-dealkylation sites (N-methyl/N-ethyl adjacent to an activating group) is 1. The highest BCUT2D eigenvalue weighted by atomic mass is 79.9. The Morgan fingerprint density at radius 3 is 2.50 bits per heavy atom. The lowest BCUT2D eigenvalue weighted by Crippen LogP contribution is -2.35. The van der Waals surface area contributed by atoms with E-state index >= 15 is 0 Å². The Bertz CT molecular complexity index is 413. The summed E-state index contributed by atoms with van der Waals surface area (Å²) in [7, 11) is 3.82. The first-order valence-corrected chi connectivity index (χ1v) is 8.53. The maximum absolute atomic E-state index is 5.30. The molecular formula is C17H26BrNO. The molecule has 0 aliphatic heterocycles. The highest BCUT2D eigenvalue weighted by molar-refractivity contribution is 9.10. The lowest BCUT2D eigenvalue weighted by atomic mass is 9.88. The molecule has 0 radical (unpaired) electrons. The number of ether oxygens (including phenoxy) is 1. The molecule has 0 aromatic heterocycles. The van der Waals surface area contributed by atoms with Crippen molar-refractivity contribution in [1.29, 1.82) is 0 Å². The molecule has 1 aliphatic carbocycles. The number of hydrogen-bond acceptors (Lipinski definition) is 2. The number of benzene rings is 1. The van der Waals surface area contributed by atoms with Gasteiger partial charge in [-0.05, 0) is 65.9 Å². The van der Waals surface area contributed by atoms with Crippen LogP contribution in [0.5, 0.6) is 5.75 Å². The molecule has 1 aromatic carbocycles. The van der Waals surface area contributed by atoms with Crippen molar-refractivity contribution in [2.75, 3.05) is 14.2 Å². The summed E-state index contributed by atoms with van der Waals surface area (Å²) in [5.41, 5.74) is 1.38. The zero-order valence-electron chi connectivity index (χ0n) is 12.6. The van der Waals surface area contributed by atoms with E-state index < -0.39 is 0 Å². The van der Waals surface area contributed by atoms with Crippen molar-refractivity contribution in [1.82, 2.24) is 5.32 Å². The van der Waals surface area contributed by atoms with Gasteiger partial charge in [0.1, 0.15) is 5.75 Å². The summed E-state index contributed by atoms with van der Waals surface area (Å²) in [5, 5.41) is 3.55. The van der Waals surface area contributed by atoms with Crippen molar-refractivity contribution < 1.29 is 4.74 Å². The van der Waals surface area contributed by atoms with Gasteiger partial charge in [0.25, 0.3) is 0 Å². The predicted octanol–water partition coefficient (Wildman–Crippen LogP) is 4.56. The molecular weight excluding hydrogens is 314 g/mol. The van der Waals surface area contributed by atoms with Crippen LogP contribution < -0.4 is 10.1 Å². The van der Waals surface area contributed by atoms with Crippen LogP contribution in [-0.4, -0.2) is 20.2 Å². The Labute approximate surface area is 131 Å². The second-order valence-electron chi connectivity index (χ2n) is 5.82. The van der Waals surface area contributed by atoms with Gasteiger partial charge in [-0.3, -0.25) is 0 Å². The molecule has 0 bridgehead atoms. The van der Waals surface area contributed by atoms with Crippen molar-refractivity contribution in [3.8, 4) is 5.75 Å². The molecule has 1 saturated carbocycles. The monoisotopic (exact) mass is 339 g/mol. The third kappa shape index (κ3) is 4.23. The normalized spacial score (nSPS) is 18.6. The molecule has 1 aliphatic rings. The molecule has 2 rings (SSSR count). The van der Waals surface area contributed by atoms with Gasteiger partial charge in [0.15, 0.2) is 0 Å². The molecule has 0 spiro atoms. The predicted molar refractivity (Wildman–Crippen MR) is 88.4 cm³/mol. The van der Waals surface area contributed by atoms with Crippen LogP contribution >= 0.6 is 15.9 Å². The van der Waals surface area contributed by atoms with Gasteiger partial charge in [0.05, 0.1) is 11.6 Å². The van der Waals surface area contributed by atoms with Crippen LogP contribution in [0.3, 0.4) is 0 Å². The lowest BCUT2D eigenvalue weighted by molar-refractivity contribution is 0.332. The van der Waals surface area contributed by atoms with Gasteiger partial charge in [-0.2, -0.15) is 0 Å². The first kappa shape index (κ1) is 15.8. The molecule has 0 heterocycles. The van der Waals surface area contributed by atoms with E-state index in [1.807, 2.05) is 0 Å². The zero-order valence-corrected chi connectivity index (χ0v) is 14.2. The van der Waals surface area contributed by atoms with E-state index in [0.717, 1.165) is 22.6 Å². The van der Waals surface area contributed by atoms with Crippen molar-refractivity contribution in [3.05, 3.63) is 28.2 Å². The number of methoxy groups -OCH3 is 1. The quantitative estimate of drug-likeness (QED) is 0.794. The standard InChI is InChI=1S/C17H26BrNO/c1-19-16(14-7-5-3-4-6-8-14)12-13-9-10-17(20-2)15(18)11-13/h9-11,14,16,19H,3-8,12H2,1-2H3. The number of hydrogen-bond donors (Lipinski definition) is 1. The highest BCUT2D eigenvalue weighted by Gasteiger charge is 2.21. The van der Waals surface area contributed by atoms with E-state index in [-0.39, 0.29) is 0 Å². The van der Waals surface area contributed by atoms with Gasteiger partial charge in [-0.1, -0.05) is 31.7 Å². The average molecular weight is 340 g/mol. The Balaban J connectivity index is 2.03. The van der Waals surface area contributed by atoms with Crippen molar-refractivity contribution in [2.45, 2.75) is 51.0 Å². The number of rotatable bonds is 5. The smallest absolute Gasteiger partial charge is 0.133 e. The Hall–Kier alpha value is -0.540. The van der Waals surface area contributed by atoms with Gasteiger partial charge in [-0.15, -0.1) is 0 Å². The molecule has 1 N–H and O–H groups in total. The summed E-state index contributed by atoms with van der Waals surface area (Å²) in [6.07, 6.45) is 9.49. The molecule has 1 unspecified atom stereocenters. The SMILES string of the molecule is CNC(Cc1ccc(OC)c(Br)c1)C1CCCCCC1. The minimum absolute atomic E-state index is 0.591. The summed E-state index contributed by atoms with van der Waals surface area (Å²) < 4.78 is 6.35. The fourth-order valence-corrected chi connectivity index (χ4v) is 3.90. The molecule has 0 amide bonds. The maximum Gasteiger partial charge on any atom is 0.133 e. The van der Waals surface area contributed by atoms with Crippen LogP contribution in [-0.2, 0) is 6.42 Å². The van der Waals surface area contributed by atoms with Crippen molar-refractivity contribution >= 4 is 15.9 Å². The first-order chi connectivity index (χ1) is 9.74. The molecule has 1 fully saturated rings. The zero-order chi connectivity index (χ0) is 14.4. The second kappa shape index (κ2) is 8.04. The molecule has 1 aromatic rings. The van der Waals surface area contributed by atoms with Crippen LogP contribution in [0.2, 0.25) is 0 Å². The van der Waals surface area contributed by atoms with E-state index in [2.05, 4.69) is 46.5 Å². The summed E-state index contributed by atoms with van der Waals surface area (Å²) in [6, 6.07) is 7.03. The summed E-state index contributed by atoms with van der Waals surface area (Å²) in [4.78, 5) is 0. The third-order valence-electron chi connectivity index (χ3n) is 4.51. The van der Waals surface area contributed by atoms with Gasteiger partial charge in [0.2, 0.25) is 0 Å². The minimum atomic E-state index is 0.591. The molecule has 2 nitrogen and oxygen atoms in total. The largest absolute Gasteiger partial charge is 0.496 e. The minimum Gasteiger partial charge on any atom is -0.496 e. The molecule has 112 valence electrons. The van der Waals surface area contributed by atoms with Crippen LogP contribution in [0.15, 0.2) is 22.7 Å². The second-order valence-corrected chi connectivity index (χ2v) is 6.67. The average Bonchev–Trinajstić information content (AvgIpc) is 2.74. The fraction of sp³-hybridized carbons (Fsp3) is 0.647. The maximum atomic E-state index is 5.30. The Morgan fingerprint density at radius 1 is 1.25 bits per heavy atom. The van der Waals surface area contributed by atoms with E-state index in [4.69, 9.17) is 4.74 Å².